The van der Waals surface area contributed by atoms with Gasteiger partial charge in [0.15, 0.2) is 23.4 Å². The molecule has 0 aliphatic heterocycles. The van der Waals surface area contributed by atoms with Gasteiger partial charge in [-0.1, -0.05) is 19.1 Å². The monoisotopic (exact) mass is 293 g/mol. The van der Waals surface area contributed by atoms with Crippen LogP contribution >= 0.6 is 0 Å². The number of aryl methyl sites for hydroxylation is 1. The Hall–Kier alpha value is -2.50. The molecule has 0 saturated heterocycles. The van der Waals surface area contributed by atoms with E-state index in [4.69, 9.17) is 5.73 Å². The van der Waals surface area contributed by atoms with Crippen molar-refractivity contribution in [1.82, 2.24) is 0 Å². The molecule has 0 aromatic heterocycles. The average Bonchev–Trinajstić information content (AvgIpc) is 2.45. The molecule has 0 bridgehead atoms. The maximum atomic E-state index is 13.5. The number of hydrogen-bond donors (Lipinski definition) is 2. The standard InChI is InChI=1S/C15H14F3N3/c1-2-9-4-3-5-10(6-9)20-15(19)21-14-8-12(17)11(16)7-13(14)18/h3-8H,2H2,1H3,(H3,19,20,21). The molecule has 0 aliphatic carbocycles. The van der Waals surface area contributed by atoms with Crippen molar-refractivity contribution in [3.05, 3.63) is 59.4 Å². The summed E-state index contributed by atoms with van der Waals surface area (Å²) in [6.07, 6.45) is 0.852. The Morgan fingerprint density at radius 3 is 2.52 bits per heavy atom. The van der Waals surface area contributed by atoms with Crippen molar-refractivity contribution in [2.24, 2.45) is 10.7 Å². The van der Waals surface area contributed by atoms with Crippen LogP contribution in [0.3, 0.4) is 0 Å². The van der Waals surface area contributed by atoms with Gasteiger partial charge < -0.3 is 11.1 Å². The van der Waals surface area contributed by atoms with E-state index in [2.05, 4.69) is 10.3 Å². The first kappa shape index (κ1) is 14.9. The van der Waals surface area contributed by atoms with E-state index in [0.29, 0.717) is 17.8 Å². The van der Waals surface area contributed by atoms with Crippen LogP contribution in [0.1, 0.15) is 12.5 Å². The van der Waals surface area contributed by atoms with Crippen molar-refractivity contribution in [2.45, 2.75) is 13.3 Å². The molecule has 21 heavy (non-hydrogen) atoms. The van der Waals surface area contributed by atoms with Crippen LogP contribution in [0.25, 0.3) is 0 Å². The first-order valence-electron chi connectivity index (χ1n) is 6.34. The van der Waals surface area contributed by atoms with E-state index < -0.39 is 17.5 Å². The van der Waals surface area contributed by atoms with Gasteiger partial charge in [0, 0.05) is 17.8 Å². The van der Waals surface area contributed by atoms with Gasteiger partial charge in [-0.15, -0.1) is 0 Å². The predicted octanol–water partition coefficient (Wildman–Crippen LogP) is 3.72. The Bertz CT molecular complexity index is 684. The molecule has 0 heterocycles. The number of aliphatic imine (C=N–C) groups is 1. The Morgan fingerprint density at radius 2 is 1.81 bits per heavy atom. The summed E-state index contributed by atoms with van der Waals surface area (Å²) in [5.41, 5.74) is 7.04. The van der Waals surface area contributed by atoms with Crippen molar-refractivity contribution < 1.29 is 13.2 Å². The molecule has 3 N–H and O–H groups in total. The number of nitrogens with one attached hydrogen (secondary N) is 1. The van der Waals surface area contributed by atoms with Gasteiger partial charge in [-0.05, 0) is 24.1 Å². The molecule has 0 spiro atoms. The highest BCUT2D eigenvalue weighted by Crippen LogP contribution is 2.21. The van der Waals surface area contributed by atoms with E-state index in [-0.39, 0.29) is 11.6 Å². The number of nitrogens with two attached hydrogens (primary N) is 1. The van der Waals surface area contributed by atoms with Crippen molar-refractivity contribution in [1.29, 1.82) is 0 Å². The quantitative estimate of drug-likeness (QED) is 0.515. The van der Waals surface area contributed by atoms with Crippen LogP contribution in [0.2, 0.25) is 0 Å². The van der Waals surface area contributed by atoms with Crippen LogP contribution < -0.4 is 11.1 Å². The summed E-state index contributed by atoms with van der Waals surface area (Å²) < 4.78 is 39.3. The fourth-order valence-corrected chi connectivity index (χ4v) is 1.77. The number of rotatable bonds is 3. The largest absolute Gasteiger partial charge is 0.369 e. The maximum Gasteiger partial charge on any atom is 0.198 e. The molecule has 0 atom stereocenters. The summed E-state index contributed by atoms with van der Waals surface area (Å²) >= 11 is 0. The van der Waals surface area contributed by atoms with E-state index in [0.717, 1.165) is 12.0 Å². The third-order valence-electron chi connectivity index (χ3n) is 2.84. The van der Waals surface area contributed by atoms with E-state index >= 15 is 0 Å². The summed E-state index contributed by atoms with van der Waals surface area (Å²) in [7, 11) is 0. The highest BCUT2D eigenvalue weighted by molar-refractivity contribution is 5.94. The van der Waals surface area contributed by atoms with E-state index in [1.165, 1.54) is 0 Å². The van der Waals surface area contributed by atoms with E-state index in [1.807, 2.05) is 25.1 Å². The average molecular weight is 293 g/mol. The SMILES string of the molecule is CCc1cccc(NC(N)=Nc2cc(F)c(F)cc2F)c1. The first-order chi connectivity index (χ1) is 9.99. The predicted molar refractivity (Wildman–Crippen MR) is 77.0 cm³/mol. The van der Waals surface area contributed by atoms with Crippen LogP contribution in [-0.4, -0.2) is 5.96 Å². The zero-order valence-corrected chi connectivity index (χ0v) is 11.3. The van der Waals surface area contributed by atoms with Gasteiger partial charge in [0.25, 0.3) is 0 Å². The molecule has 3 nitrogen and oxygen atoms in total. The summed E-state index contributed by atoms with van der Waals surface area (Å²) in [5.74, 6) is -3.56. The zero-order valence-electron chi connectivity index (χ0n) is 11.3. The maximum absolute atomic E-state index is 13.5. The molecule has 2 aromatic rings. The molecule has 2 rings (SSSR count). The minimum atomic E-state index is -1.27. The Morgan fingerprint density at radius 1 is 1.10 bits per heavy atom. The fourth-order valence-electron chi connectivity index (χ4n) is 1.77. The highest BCUT2D eigenvalue weighted by atomic mass is 19.2. The number of benzene rings is 2. The number of anilines is 1. The fraction of sp³-hybridized carbons (Fsp3) is 0.133. The molecular weight excluding hydrogens is 279 g/mol. The number of guanidine groups is 1. The third-order valence-corrected chi connectivity index (χ3v) is 2.84. The highest BCUT2D eigenvalue weighted by Gasteiger charge is 2.09. The van der Waals surface area contributed by atoms with Crippen LogP contribution in [0.4, 0.5) is 24.5 Å². The Labute approximate surface area is 120 Å². The molecule has 0 aliphatic rings. The zero-order chi connectivity index (χ0) is 15.4. The minimum absolute atomic E-state index is 0.117. The van der Waals surface area contributed by atoms with Crippen molar-refractivity contribution in [3.63, 3.8) is 0 Å². The molecule has 0 radical (unpaired) electrons. The molecule has 0 unspecified atom stereocenters. The van der Waals surface area contributed by atoms with Crippen LogP contribution in [-0.2, 0) is 6.42 Å². The molecular formula is C15H14F3N3. The Kier molecular flexibility index (Phi) is 4.47. The van der Waals surface area contributed by atoms with Gasteiger partial charge in [-0.2, -0.15) is 0 Å². The molecule has 0 amide bonds. The van der Waals surface area contributed by atoms with Crippen LogP contribution in [0.5, 0.6) is 0 Å². The number of nitrogens with zero attached hydrogens (tertiary/aromatic N) is 1. The third kappa shape index (κ3) is 3.75. The van der Waals surface area contributed by atoms with Crippen LogP contribution in [0, 0.1) is 17.5 Å². The summed E-state index contributed by atoms with van der Waals surface area (Å²) in [6, 6.07) is 8.51. The lowest BCUT2D eigenvalue weighted by Crippen LogP contribution is -2.22. The Balaban J connectivity index is 2.23. The van der Waals surface area contributed by atoms with Crippen molar-refractivity contribution >= 4 is 17.3 Å². The molecule has 2 aromatic carbocycles. The van der Waals surface area contributed by atoms with Gasteiger partial charge in [0.05, 0.1) is 0 Å². The smallest absolute Gasteiger partial charge is 0.198 e. The van der Waals surface area contributed by atoms with Gasteiger partial charge >= 0.3 is 0 Å². The first-order valence-corrected chi connectivity index (χ1v) is 6.34. The van der Waals surface area contributed by atoms with Crippen molar-refractivity contribution in [3.8, 4) is 0 Å². The normalized spacial score (nSPS) is 11.5. The second kappa shape index (κ2) is 6.30. The molecule has 110 valence electrons. The van der Waals surface area contributed by atoms with E-state index in [1.54, 1.807) is 6.07 Å². The lowest BCUT2D eigenvalue weighted by atomic mass is 10.1. The molecule has 0 saturated carbocycles. The second-order valence-electron chi connectivity index (χ2n) is 4.39. The van der Waals surface area contributed by atoms with Crippen molar-refractivity contribution in [2.75, 3.05) is 5.32 Å². The minimum Gasteiger partial charge on any atom is -0.369 e. The van der Waals surface area contributed by atoms with E-state index in [9.17, 15) is 13.2 Å². The van der Waals surface area contributed by atoms with Gasteiger partial charge in [0.2, 0.25) is 0 Å². The number of halogens is 3. The van der Waals surface area contributed by atoms with Gasteiger partial charge in [-0.25, -0.2) is 18.2 Å². The molecule has 0 fully saturated rings. The summed E-state index contributed by atoms with van der Waals surface area (Å²) in [6.45, 7) is 2.01. The topological polar surface area (TPSA) is 50.4 Å². The lowest BCUT2D eigenvalue weighted by molar-refractivity contribution is 0.496. The number of hydrogen-bond acceptors (Lipinski definition) is 1. The summed E-state index contributed by atoms with van der Waals surface area (Å²) in [5, 5.41) is 2.77. The molecule has 6 heteroatoms. The van der Waals surface area contributed by atoms with Crippen LogP contribution in [0.15, 0.2) is 41.4 Å². The lowest BCUT2D eigenvalue weighted by Gasteiger charge is -2.07. The second-order valence-corrected chi connectivity index (χ2v) is 4.39. The van der Waals surface area contributed by atoms with Gasteiger partial charge in [-0.3, -0.25) is 0 Å². The van der Waals surface area contributed by atoms with Gasteiger partial charge in [0.1, 0.15) is 5.69 Å². The summed E-state index contributed by atoms with van der Waals surface area (Å²) in [4.78, 5) is 3.71.